The van der Waals surface area contributed by atoms with Gasteiger partial charge >= 0.3 is 0 Å². The first-order valence-electron chi connectivity index (χ1n) is 9.36. The Morgan fingerprint density at radius 3 is 2.84 bits per heavy atom. The first kappa shape index (κ1) is 20.5. The number of benzene rings is 2. The van der Waals surface area contributed by atoms with Crippen molar-refractivity contribution in [3.8, 4) is 11.5 Å². The molecule has 0 bridgehead atoms. The number of nitrogens with zero attached hydrogens (tertiary/aromatic N) is 2. The highest BCUT2D eigenvalue weighted by molar-refractivity contribution is 7.15. The van der Waals surface area contributed by atoms with Gasteiger partial charge in [0.25, 0.3) is 11.5 Å². The third-order valence-corrected chi connectivity index (χ3v) is 5.09. The van der Waals surface area contributed by atoms with Gasteiger partial charge in [0.15, 0.2) is 23.1 Å². The van der Waals surface area contributed by atoms with Crippen molar-refractivity contribution in [2.75, 3.05) is 11.9 Å². The zero-order valence-corrected chi connectivity index (χ0v) is 17.3. The topological polar surface area (TPSA) is 81.9 Å². The van der Waals surface area contributed by atoms with Crippen LogP contribution in [0.1, 0.15) is 11.3 Å². The Bertz CT molecular complexity index is 1300. The number of thiazole rings is 1. The number of aromatic nitrogens is 2. The molecule has 4 aromatic rings. The van der Waals surface area contributed by atoms with Crippen LogP contribution >= 0.6 is 11.3 Å². The zero-order chi connectivity index (χ0) is 21.8. The molecule has 2 aromatic carbocycles. The molecule has 0 fully saturated rings. The van der Waals surface area contributed by atoms with Gasteiger partial charge in [0, 0.05) is 17.6 Å². The number of carbonyl (C=O) groups is 1. The van der Waals surface area contributed by atoms with Gasteiger partial charge in [-0.1, -0.05) is 18.2 Å². The molecule has 0 aliphatic carbocycles. The third-order valence-electron chi connectivity index (χ3n) is 4.34. The number of ether oxygens (including phenoxy) is 2. The molecule has 1 N–H and O–H groups in total. The number of halogens is 1. The van der Waals surface area contributed by atoms with Crippen LogP contribution in [0.5, 0.6) is 11.5 Å². The summed E-state index contributed by atoms with van der Waals surface area (Å²) in [5.74, 6) is -0.589. The molecule has 2 heterocycles. The lowest BCUT2D eigenvalue weighted by Gasteiger charge is -2.14. The van der Waals surface area contributed by atoms with E-state index >= 15 is 0 Å². The summed E-state index contributed by atoms with van der Waals surface area (Å²) in [6, 6.07) is 12.6. The fourth-order valence-electron chi connectivity index (χ4n) is 2.87. The average molecular weight is 439 g/mol. The van der Waals surface area contributed by atoms with Gasteiger partial charge in [-0.2, -0.15) is 0 Å². The van der Waals surface area contributed by atoms with Crippen LogP contribution in [0.15, 0.2) is 64.9 Å². The van der Waals surface area contributed by atoms with Gasteiger partial charge in [-0.15, -0.1) is 11.3 Å². The normalized spacial score (nSPS) is 10.8. The number of carbonyl (C=O) groups excluding carboxylic acids is 1. The van der Waals surface area contributed by atoms with Gasteiger partial charge in [0.1, 0.15) is 12.4 Å². The lowest BCUT2D eigenvalue weighted by atomic mass is 10.2. The highest BCUT2D eigenvalue weighted by Crippen LogP contribution is 2.26. The Kier molecular flexibility index (Phi) is 5.94. The van der Waals surface area contributed by atoms with Crippen molar-refractivity contribution in [2.24, 2.45) is 0 Å². The van der Waals surface area contributed by atoms with Gasteiger partial charge in [-0.05, 0) is 36.8 Å². The van der Waals surface area contributed by atoms with Crippen LogP contribution in [0.3, 0.4) is 0 Å². The maximum atomic E-state index is 13.6. The minimum atomic E-state index is -0.541. The van der Waals surface area contributed by atoms with Gasteiger partial charge < -0.3 is 14.8 Å². The molecule has 4 rings (SSSR count). The number of fused-ring (bicyclic) bond motifs is 1. The van der Waals surface area contributed by atoms with E-state index in [1.54, 1.807) is 29.8 Å². The predicted molar refractivity (Wildman–Crippen MR) is 115 cm³/mol. The molecule has 2 aromatic heterocycles. The van der Waals surface area contributed by atoms with E-state index in [0.29, 0.717) is 22.1 Å². The molecule has 0 aliphatic heterocycles. The molecule has 0 saturated carbocycles. The number of rotatable bonds is 7. The number of aryl methyl sites for hydroxylation is 1. The van der Waals surface area contributed by atoms with Crippen molar-refractivity contribution >= 4 is 27.9 Å². The highest BCUT2D eigenvalue weighted by atomic mass is 32.1. The van der Waals surface area contributed by atoms with Crippen molar-refractivity contribution in [3.63, 3.8) is 0 Å². The summed E-state index contributed by atoms with van der Waals surface area (Å²) < 4.78 is 26.2. The van der Waals surface area contributed by atoms with E-state index in [9.17, 15) is 14.0 Å². The fraction of sp³-hybridized carbons (Fsp3) is 0.136. The van der Waals surface area contributed by atoms with E-state index in [-0.39, 0.29) is 24.5 Å². The summed E-state index contributed by atoms with van der Waals surface area (Å²) in [5, 5.41) is 4.50. The second kappa shape index (κ2) is 8.97. The Morgan fingerprint density at radius 1 is 1.16 bits per heavy atom. The molecule has 0 spiro atoms. The molecule has 0 aliphatic rings. The van der Waals surface area contributed by atoms with Crippen molar-refractivity contribution < 1.29 is 18.7 Å². The van der Waals surface area contributed by atoms with Gasteiger partial charge in [0.05, 0.1) is 11.4 Å². The van der Waals surface area contributed by atoms with Crippen molar-refractivity contribution in [1.82, 2.24) is 9.38 Å². The SMILES string of the molecule is Cc1ccc(OCc2cc(=O)n3ccsc3n2)c(NC(=O)COc2ccccc2F)c1. The standard InChI is InChI=1S/C22H18FN3O4S/c1-14-6-7-19(29-12-15-11-21(28)26-8-9-31-22(26)24-15)17(10-14)25-20(27)13-30-18-5-3-2-4-16(18)23/h2-11H,12-13H2,1H3,(H,25,27). The average Bonchev–Trinajstić information content (AvgIpc) is 3.22. The summed E-state index contributed by atoms with van der Waals surface area (Å²) in [6.45, 7) is 1.57. The van der Waals surface area contributed by atoms with Crippen LogP contribution in [0, 0.1) is 12.7 Å². The lowest BCUT2D eigenvalue weighted by Crippen LogP contribution is -2.21. The summed E-state index contributed by atoms with van der Waals surface area (Å²) in [7, 11) is 0. The van der Waals surface area contributed by atoms with Crippen molar-refractivity contribution in [3.05, 3.63) is 87.5 Å². The Labute approximate surface area is 180 Å². The Morgan fingerprint density at radius 2 is 2.00 bits per heavy atom. The van der Waals surface area contributed by atoms with Crippen LogP contribution in [-0.2, 0) is 11.4 Å². The van der Waals surface area contributed by atoms with Gasteiger partial charge in [-0.3, -0.25) is 14.0 Å². The summed E-state index contributed by atoms with van der Waals surface area (Å²) >= 11 is 1.35. The van der Waals surface area contributed by atoms with E-state index in [1.807, 2.05) is 13.0 Å². The van der Waals surface area contributed by atoms with Crippen LogP contribution in [-0.4, -0.2) is 21.9 Å². The number of para-hydroxylation sites is 1. The molecular formula is C22H18FN3O4S. The van der Waals surface area contributed by atoms with E-state index in [0.717, 1.165) is 5.56 Å². The van der Waals surface area contributed by atoms with Crippen LogP contribution in [0.25, 0.3) is 4.96 Å². The van der Waals surface area contributed by atoms with E-state index in [4.69, 9.17) is 9.47 Å². The van der Waals surface area contributed by atoms with Gasteiger partial charge in [-0.25, -0.2) is 9.37 Å². The van der Waals surface area contributed by atoms with Crippen LogP contribution in [0.4, 0.5) is 10.1 Å². The summed E-state index contributed by atoms with van der Waals surface area (Å²) in [4.78, 5) is 29.4. The maximum absolute atomic E-state index is 13.6. The number of hydrogen-bond acceptors (Lipinski definition) is 6. The van der Waals surface area contributed by atoms with E-state index < -0.39 is 11.7 Å². The van der Waals surface area contributed by atoms with Crippen LogP contribution in [0.2, 0.25) is 0 Å². The molecule has 31 heavy (non-hydrogen) atoms. The number of anilines is 1. The predicted octanol–water partition coefficient (Wildman–Crippen LogP) is 3.80. The molecule has 0 unspecified atom stereocenters. The fourth-order valence-corrected chi connectivity index (χ4v) is 3.61. The molecular weight excluding hydrogens is 421 g/mol. The van der Waals surface area contributed by atoms with Crippen LogP contribution < -0.4 is 20.3 Å². The summed E-state index contributed by atoms with van der Waals surface area (Å²) in [5.41, 5.74) is 1.64. The second-order valence-corrected chi connectivity index (χ2v) is 7.57. The van der Waals surface area contributed by atoms with E-state index in [2.05, 4.69) is 10.3 Å². The monoisotopic (exact) mass is 439 g/mol. The molecule has 9 heteroatoms. The molecule has 158 valence electrons. The quantitative estimate of drug-likeness (QED) is 0.474. The zero-order valence-electron chi connectivity index (χ0n) is 16.5. The lowest BCUT2D eigenvalue weighted by molar-refractivity contribution is -0.118. The smallest absolute Gasteiger partial charge is 0.262 e. The molecule has 1 amide bonds. The number of amides is 1. The Hall–Kier alpha value is -3.72. The molecule has 0 atom stereocenters. The maximum Gasteiger partial charge on any atom is 0.262 e. The Balaban J connectivity index is 1.44. The number of nitrogens with one attached hydrogen (secondary N) is 1. The molecule has 0 saturated heterocycles. The largest absolute Gasteiger partial charge is 0.485 e. The minimum Gasteiger partial charge on any atom is -0.485 e. The van der Waals surface area contributed by atoms with E-state index in [1.165, 1.54) is 40.0 Å². The minimum absolute atomic E-state index is 0.000281. The molecule has 0 radical (unpaired) electrons. The first-order chi connectivity index (χ1) is 15.0. The van der Waals surface area contributed by atoms with Crippen molar-refractivity contribution in [1.29, 1.82) is 0 Å². The first-order valence-corrected chi connectivity index (χ1v) is 10.2. The van der Waals surface area contributed by atoms with Crippen molar-refractivity contribution in [2.45, 2.75) is 13.5 Å². The molecule has 7 nitrogen and oxygen atoms in total. The third kappa shape index (κ3) is 4.89. The summed E-state index contributed by atoms with van der Waals surface area (Å²) in [6.07, 6.45) is 1.66. The number of hydrogen-bond donors (Lipinski definition) is 1. The highest BCUT2D eigenvalue weighted by Gasteiger charge is 2.12. The van der Waals surface area contributed by atoms with Gasteiger partial charge in [0.2, 0.25) is 0 Å². The second-order valence-electron chi connectivity index (χ2n) is 6.70.